The van der Waals surface area contributed by atoms with Crippen molar-refractivity contribution in [1.29, 1.82) is 0 Å². The molecule has 0 amide bonds. The summed E-state index contributed by atoms with van der Waals surface area (Å²) in [6.07, 6.45) is 24.2. The van der Waals surface area contributed by atoms with E-state index in [9.17, 15) is 0 Å². The second-order valence-electron chi connectivity index (χ2n) is 10.3. The van der Waals surface area contributed by atoms with Crippen LogP contribution in [-0.4, -0.2) is 34.9 Å². The Morgan fingerprint density at radius 1 is 0.893 bits per heavy atom. The first-order chi connectivity index (χ1) is 13.9. The van der Waals surface area contributed by atoms with Gasteiger partial charge in [-0.3, -0.25) is 4.99 Å². The first-order valence-electron chi connectivity index (χ1n) is 12.4. The number of nitrogens with one attached hydrogen (secondary N) is 1. The highest BCUT2D eigenvalue weighted by molar-refractivity contribution is 5.88. The fourth-order valence-electron chi connectivity index (χ4n) is 7.48. The van der Waals surface area contributed by atoms with E-state index in [1.807, 2.05) is 5.57 Å². The van der Waals surface area contributed by atoms with Gasteiger partial charge < -0.3 is 10.2 Å². The van der Waals surface area contributed by atoms with Crippen molar-refractivity contribution in [3.05, 3.63) is 23.4 Å². The van der Waals surface area contributed by atoms with E-state index in [0.29, 0.717) is 24.0 Å². The Hall–Kier alpha value is -1.25. The van der Waals surface area contributed by atoms with Gasteiger partial charge in [-0.15, -0.1) is 0 Å². The molecule has 0 aromatic heterocycles. The molecular formula is C25H37N3. The summed E-state index contributed by atoms with van der Waals surface area (Å²) in [4.78, 5) is 8.47. The monoisotopic (exact) mass is 379 g/mol. The normalized spacial score (nSPS) is 40.6. The predicted octanol–water partition coefficient (Wildman–Crippen LogP) is 5.34. The van der Waals surface area contributed by atoms with Crippen molar-refractivity contribution in [2.75, 3.05) is 0 Å². The zero-order valence-corrected chi connectivity index (χ0v) is 17.4. The van der Waals surface area contributed by atoms with Crippen LogP contribution in [0.15, 0.2) is 28.4 Å². The highest BCUT2D eigenvalue weighted by Crippen LogP contribution is 2.51. The molecule has 2 heterocycles. The average Bonchev–Trinajstić information content (AvgIpc) is 3.34. The van der Waals surface area contributed by atoms with Crippen LogP contribution in [-0.2, 0) is 0 Å². The van der Waals surface area contributed by atoms with Gasteiger partial charge in [-0.25, -0.2) is 0 Å². The Kier molecular flexibility index (Phi) is 4.54. The van der Waals surface area contributed by atoms with Gasteiger partial charge in [0.15, 0.2) is 0 Å². The minimum Gasteiger partial charge on any atom is -0.368 e. The Labute approximate surface area is 170 Å². The predicted molar refractivity (Wildman–Crippen MR) is 115 cm³/mol. The molecule has 3 nitrogen and oxygen atoms in total. The lowest BCUT2D eigenvalue weighted by Crippen LogP contribution is -2.55. The van der Waals surface area contributed by atoms with E-state index in [0.717, 1.165) is 12.0 Å². The third kappa shape index (κ3) is 2.79. The molecule has 5 atom stereocenters. The molecule has 2 saturated carbocycles. The second kappa shape index (κ2) is 7.22. The Morgan fingerprint density at radius 3 is 2.64 bits per heavy atom. The zero-order valence-electron chi connectivity index (χ0n) is 17.4. The molecule has 28 heavy (non-hydrogen) atoms. The molecule has 5 unspecified atom stereocenters. The Balaban J connectivity index is 1.34. The average molecular weight is 380 g/mol. The second-order valence-corrected chi connectivity index (χ2v) is 10.3. The zero-order chi connectivity index (χ0) is 18.5. The minimum absolute atomic E-state index is 0.497. The Bertz CT molecular complexity index is 699. The molecule has 3 heteroatoms. The molecule has 4 aliphatic carbocycles. The van der Waals surface area contributed by atoms with Crippen molar-refractivity contribution in [3.8, 4) is 0 Å². The van der Waals surface area contributed by atoms with Crippen molar-refractivity contribution < 1.29 is 0 Å². The van der Waals surface area contributed by atoms with Gasteiger partial charge in [-0.1, -0.05) is 31.4 Å². The van der Waals surface area contributed by atoms with E-state index in [1.54, 1.807) is 5.70 Å². The summed E-state index contributed by atoms with van der Waals surface area (Å²) in [5.41, 5.74) is 3.68. The largest absolute Gasteiger partial charge is 0.368 e. The van der Waals surface area contributed by atoms with Crippen LogP contribution in [0.25, 0.3) is 0 Å². The van der Waals surface area contributed by atoms with Gasteiger partial charge in [0.25, 0.3) is 0 Å². The van der Waals surface area contributed by atoms with Gasteiger partial charge in [-0.2, -0.15) is 0 Å². The fourth-order valence-corrected chi connectivity index (χ4v) is 7.48. The van der Waals surface area contributed by atoms with Gasteiger partial charge >= 0.3 is 0 Å². The third-order valence-corrected chi connectivity index (χ3v) is 8.72. The van der Waals surface area contributed by atoms with Crippen molar-refractivity contribution in [1.82, 2.24) is 10.2 Å². The van der Waals surface area contributed by atoms with E-state index in [2.05, 4.69) is 22.4 Å². The number of fused-ring (bicyclic) bond motifs is 4. The summed E-state index contributed by atoms with van der Waals surface area (Å²) >= 11 is 0. The van der Waals surface area contributed by atoms with Crippen LogP contribution >= 0.6 is 0 Å². The van der Waals surface area contributed by atoms with Gasteiger partial charge in [0, 0.05) is 23.6 Å². The van der Waals surface area contributed by atoms with Crippen LogP contribution in [0.3, 0.4) is 0 Å². The lowest BCUT2D eigenvalue weighted by molar-refractivity contribution is 0.0925. The number of hydrogen-bond acceptors (Lipinski definition) is 3. The standard InChI is InChI=1S/C25H37N3/c1-3-9-17(10-4-1)25-26-21-16-15-20-19-13-7-8-14-22(19)28(24(20)23(21)27-25)18-11-5-2-6-12-18/h3,9,17-18,20-21,23-24H,1-2,4-8,10-16H2,(H,26,27). The summed E-state index contributed by atoms with van der Waals surface area (Å²) in [5.74, 6) is 2.70. The first kappa shape index (κ1) is 17.6. The highest BCUT2D eigenvalue weighted by Gasteiger charge is 2.53. The molecule has 0 spiro atoms. The van der Waals surface area contributed by atoms with Crippen LogP contribution in [0.5, 0.6) is 0 Å². The number of amidine groups is 1. The van der Waals surface area contributed by atoms with Gasteiger partial charge in [0.05, 0.1) is 18.1 Å². The number of allylic oxidation sites excluding steroid dienone is 2. The van der Waals surface area contributed by atoms with E-state index in [4.69, 9.17) is 4.99 Å². The number of nitrogens with zero attached hydrogens (tertiary/aromatic N) is 2. The van der Waals surface area contributed by atoms with Gasteiger partial charge in [0.1, 0.15) is 5.84 Å². The lowest BCUT2D eigenvalue weighted by atomic mass is 9.74. The fraction of sp³-hybridized carbons (Fsp3) is 0.800. The molecule has 0 aromatic rings. The molecule has 0 saturated heterocycles. The van der Waals surface area contributed by atoms with E-state index < -0.39 is 0 Å². The van der Waals surface area contributed by atoms with Crippen molar-refractivity contribution in [2.24, 2.45) is 16.8 Å². The summed E-state index contributed by atoms with van der Waals surface area (Å²) in [6.45, 7) is 0. The summed E-state index contributed by atoms with van der Waals surface area (Å²) in [7, 11) is 0. The molecule has 2 aliphatic heterocycles. The van der Waals surface area contributed by atoms with Crippen LogP contribution in [0.4, 0.5) is 0 Å². The molecule has 0 bridgehead atoms. The molecule has 152 valence electrons. The summed E-state index contributed by atoms with van der Waals surface area (Å²) in [6, 6.07) is 2.57. The maximum absolute atomic E-state index is 5.47. The molecule has 0 radical (unpaired) electrons. The van der Waals surface area contributed by atoms with Crippen molar-refractivity contribution >= 4 is 5.84 Å². The minimum atomic E-state index is 0.497. The van der Waals surface area contributed by atoms with E-state index >= 15 is 0 Å². The number of rotatable bonds is 2. The summed E-state index contributed by atoms with van der Waals surface area (Å²) in [5, 5.41) is 3.93. The SMILES string of the molecule is C1=CC(C2=NC3C(CCC4C5=C(CCCC5)N(C5CCCCC5)C43)N2)CCC1. The Morgan fingerprint density at radius 2 is 1.79 bits per heavy atom. The summed E-state index contributed by atoms with van der Waals surface area (Å²) < 4.78 is 0. The van der Waals surface area contributed by atoms with E-state index in [-0.39, 0.29) is 0 Å². The molecular weight excluding hydrogens is 342 g/mol. The van der Waals surface area contributed by atoms with Crippen LogP contribution in [0, 0.1) is 11.8 Å². The van der Waals surface area contributed by atoms with Gasteiger partial charge in [0.2, 0.25) is 0 Å². The molecule has 6 rings (SSSR count). The van der Waals surface area contributed by atoms with Crippen LogP contribution < -0.4 is 5.32 Å². The smallest absolute Gasteiger partial charge is 0.104 e. The van der Waals surface area contributed by atoms with E-state index in [1.165, 1.54) is 95.7 Å². The van der Waals surface area contributed by atoms with Gasteiger partial charge in [-0.05, 0) is 76.2 Å². The van der Waals surface area contributed by atoms with Crippen molar-refractivity contribution in [2.45, 2.75) is 114 Å². The maximum atomic E-state index is 5.47. The highest BCUT2D eigenvalue weighted by atomic mass is 15.3. The van der Waals surface area contributed by atoms with Crippen LogP contribution in [0.1, 0.15) is 89.9 Å². The molecule has 1 N–H and O–H groups in total. The number of hydrogen-bond donors (Lipinski definition) is 1. The molecule has 0 aromatic carbocycles. The van der Waals surface area contributed by atoms with Crippen LogP contribution in [0.2, 0.25) is 0 Å². The molecule has 2 fully saturated rings. The van der Waals surface area contributed by atoms with Crippen molar-refractivity contribution in [3.63, 3.8) is 0 Å². The quantitative estimate of drug-likeness (QED) is 0.656. The first-order valence-corrected chi connectivity index (χ1v) is 12.4. The number of aliphatic imine (C=N–C) groups is 1. The topological polar surface area (TPSA) is 27.6 Å². The third-order valence-electron chi connectivity index (χ3n) is 8.72. The molecule has 6 aliphatic rings. The maximum Gasteiger partial charge on any atom is 0.104 e. The lowest BCUT2D eigenvalue weighted by Gasteiger charge is -2.45.